The van der Waals surface area contributed by atoms with Crippen molar-refractivity contribution in [2.45, 2.75) is 99.1 Å². The first-order valence-electron chi connectivity index (χ1n) is 14.6. The molecule has 1 aliphatic carbocycles. The van der Waals surface area contributed by atoms with Gasteiger partial charge in [0.25, 0.3) is 0 Å². The lowest BCUT2D eigenvalue weighted by molar-refractivity contribution is -0.137. The number of carbonyl (C=O) groups excluding carboxylic acids is 1. The Bertz CT molecular complexity index is 1110. The molecule has 5 heteroatoms. The van der Waals surface area contributed by atoms with Crippen LogP contribution in [0, 0.1) is 16.7 Å². The second-order valence-corrected chi connectivity index (χ2v) is 13.0. The Balaban J connectivity index is 0.000000395. The molecule has 0 saturated heterocycles. The maximum atomic E-state index is 13.3. The zero-order valence-electron chi connectivity index (χ0n) is 25.6. The Kier molecular flexibility index (Phi) is 12.7. The summed E-state index contributed by atoms with van der Waals surface area (Å²) in [5.74, 6) is 0.454. The fourth-order valence-electron chi connectivity index (χ4n) is 5.15. The number of aldehydes is 1. The van der Waals surface area contributed by atoms with Gasteiger partial charge in [-0.3, -0.25) is 0 Å². The minimum atomic E-state index is -4.33. The maximum absolute atomic E-state index is 13.3. The summed E-state index contributed by atoms with van der Waals surface area (Å²) in [5, 5.41) is 0. The summed E-state index contributed by atoms with van der Waals surface area (Å²) in [6, 6.07) is 12.3. The van der Waals surface area contributed by atoms with Crippen molar-refractivity contribution in [1.29, 1.82) is 0 Å². The van der Waals surface area contributed by atoms with Gasteiger partial charge in [-0.2, -0.15) is 13.2 Å². The number of alkyl halides is 3. The molecular formula is C35H49F3O2. The minimum Gasteiger partial charge on any atom is -0.385 e. The molecule has 0 saturated carbocycles. The molecule has 0 amide bonds. The summed E-state index contributed by atoms with van der Waals surface area (Å²) in [7, 11) is 1.73. The van der Waals surface area contributed by atoms with E-state index >= 15 is 0 Å². The molecule has 0 aliphatic heterocycles. The van der Waals surface area contributed by atoms with Crippen molar-refractivity contribution >= 4 is 17.9 Å². The molecule has 2 aromatic rings. The summed E-state index contributed by atoms with van der Waals surface area (Å²) in [6.07, 6.45) is 6.88. The Labute approximate surface area is 240 Å². The SMILES string of the molecule is CC(CC(C)(C)C)C(C)(C)C=O.COCCCCCCc1ccc2c(c1)CCC(c1ccccc1C(F)(F)F)=C2. The number of carbonyl (C=O) groups is 1. The Morgan fingerprint density at radius 2 is 1.60 bits per heavy atom. The van der Waals surface area contributed by atoms with Crippen LogP contribution in [-0.2, 0) is 28.5 Å². The van der Waals surface area contributed by atoms with E-state index in [1.165, 1.54) is 36.1 Å². The third-order valence-corrected chi connectivity index (χ3v) is 7.84. The van der Waals surface area contributed by atoms with Crippen LogP contribution in [0.4, 0.5) is 13.2 Å². The van der Waals surface area contributed by atoms with Gasteiger partial charge in [-0.05, 0) is 83.8 Å². The highest BCUT2D eigenvalue weighted by atomic mass is 19.4. The van der Waals surface area contributed by atoms with E-state index in [0.29, 0.717) is 23.3 Å². The van der Waals surface area contributed by atoms with Gasteiger partial charge < -0.3 is 9.53 Å². The summed E-state index contributed by atoms with van der Waals surface area (Å²) in [6.45, 7) is 13.6. The fourth-order valence-corrected chi connectivity index (χ4v) is 5.15. The number of rotatable bonds is 11. The monoisotopic (exact) mass is 558 g/mol. The number of allylic oxidation sites excluding steroid dienone is 1. The predicted octanol–water partition coefficient (Wildman–Crippen LogP) is 10.2. The van der Waals surface area contributed by atoms with Crippen molar-refractivity contribution in [3.63, 3.8) is 0 Å². The van der Waals surface area contributed by atoms with E-state index in [1.54, 1.807) is 19.2 Å². The number of ether oxygens (including phenoxy) is 1. The predicted molar refractivity (Wildman–Crippen MR) is 161 cm³/mol. The zero-order chi connectivity index (χ0) is 30.0. The lowest BCUT2D eigenvalue weighted by Gasteiger charge is -2.31. The molecule has 40 heavy (non-hydrogen) atoms. The Morgan fingerprint density at radius 3 is 2.23 bits per heavy atom. The van der Waals surface area contributed by atoms with Gasteiger partial charge in [0.2, 0.25) is 0 Å². The van der Waals surface area contributed by atoms with Gasteiger partial charge in [0.05, 0.1) is 5.56 Å². The molecule has 0 fully saturated rings. The molecule has 0 spiro atoms. The Morgan fingerprint density at radius 1 is 0.925 bits per heavy atom. The van der Waals surface area contributed by atoms with Crippen molar-refractivity contribution in [2.24, 2.45) is 16.7 Å². The first-order chi connectivity index (χ1) is 18.7. The third kappa shape index (κ3) is 10.9. The van der Waals surface area contributed by atoms with Crippen LogP contribution in [0.3, 0.4) is 0 Å². The molecule has 222 valence electrons. The van der Waals surface area contributed by atoms with Crippen LogP contribution in [-0.4, -0.2) is 20.0 Å². The summed E-state index contributed by atoms with van der Waals surface area (Å²) < 4.78 is 45.1. The van der Waals surface area contributed by atoms with Crippen LogP contribution >= 0.6 is 0 Å². The molecule has 1 unspecified atom stereocenters. The molecule has 0 N–H and O–H groups in total. The molecule has 2 nitrogen and oxygen atoms in total. The van der Waals surface area contributed by atoms with Crippen molar-refractivity contribution in [3.8, 4) is 0 Å². The number of unbranched alkanes of at least 4 members (excludes halogenated alkanes) is 3. The van der Waals surface area contributed by atoms with Crippen molar-refractivity contribution in [1.82, 2.24) is 0 Å². The van der Waals surface area contributed by atoms with E-state index in [1.807, 2.05) is 19.9 Å². The van der Waals surface area contributed by atoms with Crippen molar-refractivity contribution in [3.05, 3.63) is 70.3 Å². The first-order valence-corrected chi connectivity index (χ1v) is 14.6. The van der Waals surface area contributed by atoms with Crippen LogP contribution in [0.2, 0.25) is 0 Å². The summed E-state index contributed by atoms with van der Waals surface area (Å²) in [4.78, 5) is 10.8. The molecule has 0 radical (unpaired) electrons. The smallest absolute Gasteiger partial charge is 0.385 e. The summed E-state index contributed by atoms with van der Waals surface area (Å²) in [5.41, 5.74) is 4.28. The van der Waals surface area contributed by atoms with Crippen molar-refractivity contribution < 1.29 is 22.7 Å². The van der Waals surface area contributed by atoms with Crippen LogP contribution in [0.1, 0.15) is 108 Å². The molecule has 0 heterocycles. The standard InChI is InChI=1S/C24H27F3O.C11H22O/c1-28-15-7-3-2-4-8-18-11-12-20-17-21(14-13-19(20)16-18)22-9-5-6-10-23(22)24(25,26)27;1-9(7-10(2,3)4)11(5,6)8-12/h5-6,9-12,16-17H,2-4,7-8,13-15H2,1H3;8-9H,7H2,1-6H3. The van der Waals surface area contributed by atoms with Crippen LogP contribution in [0.25, 0.3) is 11.6 Å². The molecule has 1 atom stereocenters. The lowest BCUT2D eigenvalue weighted by Crippen LogP contribution is -2.27. The minimum absolute atomic E-state index is 0.173. The van der Waals surface area contributed by atoms with E-state index < -0.39 is 11.7 Å². The maximum Gasteiger partial charge on any atom is 0.416 e. The molecule has 0 aromatic heterocycles. The molecule has 1 aliphatic rings. The third-order valence-electron chi connectivity index (χ3n) is 7.84. The molecule has 3 rings (SSSR count). The van der Waals surface area contributed by atoms with Gasteiger partial charge >= 0.3 is 6.18 Å². The first kappa shape index (κ1) is 33.8. The number of aryl methyl sites for hydroxylation is 2. The average Bonchev–Trinajstić information content (AvgIpc) is 2.89. The number of fused-ring (bicyclic) bond motifs is 1. The van der Waals surface area contributed by atoms with Crippen LogP contribution < -0.4 is 0 Å². The van der Waals surface area contributed by atoms with Gasteiger partial charge in [0.1, 0.15) is 6.29 Å². The number of halogens is 3. The Hall–Kier alpha value is -2.40. The lowest BCUT2D eigenvalue weighted by atomic mass is 9.73. The van der Waals surface area contributed by atoms with Gasteiger partial charge in [0, 0.05) is 19.1 Å². The second-order valence-electron chi connectivity index (χ2n) is 13.0. The quantitative estimate of drug-likeness (QED) is 0.203. The number of hydrogen-bond acceptors (Lipinski definition) is 2. The number of benzene rings is 2. The fraction of sp³-hybridized carbons (Fsp3) is 0.571. The van der Waals surface area contributed by atoms with Gasteiger partial charge in [0.15, 0.2) is 0 Å². The number of hydrogen-bond donors (Lipinski definition) is 0. The van der Waals surface area contributed by atoms with E-state index in [2.05, 4.69) is 45.9 Å². The highest BCUT2D eigenvalue weighted by Crippen LogP contribution is 2.39. The van der Waals surface area contributed by atoms with E-state index in [9.17, 15) is 18.0 Å². The normalized spacial score (nSPS) is 14.5. The van der Waals surface area contributed by atoms with E-state index in [4.69, 9.17) is 4.74 Å². The summed E-state index contributed by atoms with van der Waals surface area (Å²) >= 11 is 0. The van der Waals surface area contributed by atoms with Gasteiger partial charge in [-0.25, -0.2) is 0 Å². The molecule has 2 aromatic carbocycles. The second kappa shape index (κ2) is 15.0. The average molecular weight is 559 g/mol. The van der Waals surface area contributed by atoms with Crippen LogP contribution in [0.5, 0.6) is 0 Å². The van der Waals surface area contributed by atoms with E-state index in [-0.39, 0.29) is 5.41 Å². The van der Waals surface area contributed by atoms with Gasteiger partial charge in [-0.1, -0.05) is 96.9 Å². The highest BCUT2D eigenvalue weighted by molar-refractivity contribution is 5.85. The van der Waals surface area contributed by atoms with Crippen LogP contribution in [0.15, 0.2) is 42.5 Å². The zero-order valence-corrected chi connectivity index (χ0v) is 25.6. The number of methoxy groups -OCH3 is 1. The molecular weight excluding hydrogens is 509 g/mol. The topological polar surface area (TPSA) is 26.3 Å². The molecule has 0 bridgehead atoms. The van der Waals surface area contributed by atoms with E-state index in [0.717, 1.165) is 56.1 Å². The van der Waals surface area contributed by atoms with Gasteiger partial charge in [-0.15, -0.1) is 0 Å². The highest BCUT2D eigenvalue weighted by Gasteiger charge is 2.34. The largest absolute Gasteiger partial charge is 0.416 e. The van der Waals surface area contributed by atoms with Crippen molar-refractivity contribution in [2.75, 3.05) is 13.7 Å².